The van der Waals surface area contributed by atoms with E-state index in [0.717, 1.165) is 34.2 Å². The fourth-order valence-electron chi connectivity index (χ4n) is 9.61. The van der Waals surface area contributed by atoms with Crippen LogP contribution in [0.3, 0.4) is 0 Å². The average molecular weight is 825 g/mol. The third kappa shape index (κ3) is 5.86. The van der Waals surface area contributed by atoms with Crippen molar-refractivity contribution in [1.29, 1.82) is 0 Å². The van der Waals surface area contributed by atoms with E-state index in [1.165, 1.54) is 50.4 Å². The number of nitrogens with one attached hydrogen (secondary N) is 1. The van der Waals surface area contributed by atoms with Gasteiger partial charge < -0.3 is 14.7 Å². The van der Waals surface area contributed by atoms with E-state index in [4.69, 9.17) is 16.3 Å². The molecule has 6 atom stereocenters. The predicted octanol–water partition coefficient (Wildman–Crippen LogP) is 6.27. The van der Waals surface area contributed by atoms with Crippen LogP contribution in [0.1, 0.15) is 29.9 Å². The normalized spacial score (nSPS) is 24.6. The van der Waals surface area contributed by atoms with Crippen molar-refractivity contribution in [3.8, 4) is 11.5 Å². The number of carbonyl (C=O) groups excluding carboxylic acids is 4. The number of ether oxygens (including phenoxy) is 1. The average Bonchev–Trinajstić information content (AvgIpc) is 3.59. The lowest BCUT2D eigenvalue weighted by Gasteiger charge is -2.50. The number of carbonyl (C=O) groups is 4. The molecule has 4 amide bonds. The highest BCUT2D eigenvalue weighted by atomic mass is 35.5. The molecule has 4 aromatic carbocycles. The molecule has 2 saturated heterocycles. The van der Waals surface area contributed by atoms with Crippen LogP contribution in [0.25, 0.3) is 0 Å². The summed E-state index contributed by atoms with van der Waals surface area (Å²) in [6.07, 6.45) is 1.62. The van der Waals surface area contributed by atoms with E-state index in [9.17, 15) is 44.1 Å². The number of amides is 4. The van der Waals surface area contributed by atoms with Gasteiger partial charge in [-0.3, -0.25) is 44.8 Å². The van der Waals surface area contributed by atoms with Gasteiger partial charge in [-0.2, -0.15) is 5.01 Å². The molecule has 4 aliphatic rings. The van der Waals surface area contributed by atoms with E-state index in [0.29, 0.717) is 21.7 Å². The first-order valence-corrected chi connectivity index (χ1v) is 18.7. The van der Waals surface area contributed by atoms with Crippen molar-refractivity contribution in [3.63, 3.8) is 0 Å². The second-order valence-corrected chi connectivity index (χ2v) is 15.5. The lowest BCUT2D eigenvalue weighted by Crippen LogP contribution is -2.53. The number of nitrogens with zero attached hydrogens (tertiary/aromatic N) is 5. The minimum atomic E-state index is -1.72. The Balaban J connectivity index is 1.32. The summed E-state index contributed by atoms with van der Waals surface area (Å²) >= 11 is 6.35. The zero-order valence-corrected chi connectivity index (χ0v) is 32.3. The lowest BCUT2D eigenvalue weighted by molar-refractivity contribution is -0.392. The largest absolute Gasteiger partial charge is 0.504 e. The van der Waals surface area contributed by atoms with Gasteiger partial charge in [0.15, 0.2) is 17.2 Å². The van der Waals surface area contributed by atoms with E-state index < -0.39 is 85.7 Å². The minimum absolute atomic E-state index is 0.0235. The van der Waals surface area contributed by atoms with Crippen LogP contribution in [0.15, 0.2) is 90.5 Å². The standard InChI is InChI=1S/C41H34ClFN6O10/c1-45(2)36-30(48(55)56)17-25(18-31(36)49(57)58)46-37(51)27-14-13-26-28(34(27)39(46)53)19-29-38(52)47(44-24-11-9-23(43)10-12-24)40(54)41(29,21-5-7-22(42)8-6-21)35(26)20-4-15-32(50)33(16-20)59-3/h4-13,15-18,27-29,34-35,44,50H,14,19H2,1-3H3/t27-,28+,29-,34-,35-,41+/m0/s1. The van der Waals surface area contributed by atoms with Gasteiger partial charge in [-0.25, -0.2) is 9.29 Å². The molecule has 16 nitrogen and oxygen atoms in total. The zero-order valence-electron chi connectivity index (χ0n) is 31.5. The number of nitro groups is 2. The summed E-state index contributed by atoms with van der Waals surface area (Å²) in [6, 6.07) is 17.9. The van der Waals surface area contributed by atoms with Gasteiger partial charge in [0.25, 0.3) is 11.8 Å². The molecule has 4 aromatic rings. The number of allylic oxidation sites excluding steroid dienone is 2. The van der Waals surface area contributed by atoms with Crippen molar-refractivity contribution < 1.29 is 43.3 Å². The Hall–Kier alpha value is -6.88. The summed E-state index contributed by atoms with van der Waals surface area (Å²) in [5.74, 6) is -8.84. The Bertz CT molecular complexity index is 2500. The first-order chi connectivity index (χ1) is 28.1. The van der Waals surface area contributed by atoms with Crippen molar-refractivity contribution in [1.82, 2.24) is 5.01 Å². The number of hydrogen-bond donors (Lipinski definition) is 2. The quantitative estimate of drug-likeness (QED) is 0.0830. The molecule has 2 aliphatic carbocycles. The van der Waals surface area contributed by atoms with Crippen LogP contribution in [0.5, 0.6) is 11.5 Å². The molecule has 59 heavy (non-hydrogen) atoms. The molecular formula is C41H34ClFN6O10. The van der Waals surface area contributed by atoms with Gasteiger partial charge in [-0.15, -0.1) is 0 Å². The Morgan fingerprint density at radius 3 is 2.14 bits per heavy atom. The van der Waals surface area contributed by atoms with Crippen LogP contribution in [-0.2, 0) is 24.6 Å². The summed E-state index contributed by atoms with van der Waals surface area (Å²) < 4.78 is 19.4. The van der Waals surface area contributed by atoms with E-state index in [1.54, 1.807) is 36.4 Å². The number of fused-ring (bicyclic) bond motifs is 4. The number of hydrogen-bond acceptors (Lipinski definition) is 12. The lowest BCUT2D eigenvalue weighted by atomic mass is 9.49. The van der Waals surface area contributed by atoms with Gasteiger partial charge in [0.2, 0.25) is 11.8 Å². The van der Waals surface area contributed by atoms with Gasteiger partial charge in [0.05, 0.1) is 51.5 Å². The molecule has 2 aliphatic heterocycles. The first kappa shape index (κ1) is 39.0. The smallest absolute Gasteiger partial charge is 0.301 e. The van der Waals surface area contributed by atoms with Crippen molar-refractivity contribution in [2.24, 2.45) is 23.7 Å². The molecule has 0 radical (unpaired) electrons. The molecule has 8 rings (SSSR count). The van der Waals surface area contributed by atoms with E-state index in [1.807, 2.05) is 0 Å². The molecular weight excluding hydrogens is 791 g/mol. The van der Waals surface area contributed by atoms with Crippen molar-refractivity contribution in [3.05, 3.63) is 133 Å². The number of benzene rings is 4. The summed E-state index contributed by atoms with van der Waals surface area (Å²) in [4.78, 5) is 84.1. The maximum absolute atomic E-state index is 15.3. The molecule has 0 unspecified atom stereocenters. The predicted molar refractivity (Wildman–Crippen MR) is 210 cm³/mol. The Labute approximate surface area is 339 Å². The van der Waals surface area contributed by atoms with E-state index >= 15 is 4.79 Å². The Morgan fingerprint density at radius 1 is 0.898 bits per heavy atom. The monoisotopic (exact) mass is 824 g/mol. The van der Waals surface area contributed by atoms with Gasteiger partial charge in [0.1, 0.15) is 5.82 Å². The second kappa shape index (κ2) is 14.2. The van der Waals surface area contributed by atoms with Crippen LogP contribution >= 0.6 is 11.6 Å². The van der Waals surface area contributed by atoms with Crippen molar-refractivity contribution in [2.45, 2.75) is 24.2 Å². The Kier molecular flexibility index (Phi) is 9.37. The molecule has 2 heterocycles. The number of phenolic OH excluding ortho intramolecular Hbond substituents is 1. The number of nitro benzene ring substituents is 2. The summed E-state index contributed by atoms with van der Waals surface area (Å²) in [6.45, 7) is 0. The number of methoxy groups -OCH3 is 1. The SMILES string of the molecule is COc1cc([C@H]2C3=CC[C@@H]4C(=O)N(c5cc([N+](=O)[O-])c(N(C)C)c([N+](=O)[O-])c5)C(=O)[C@@H]4[C@@H]3C[C@H]3C(=O)N(Nc4ccc(F)cc4)C(=O)[C@@]23c2ccc(Cl)cc2)ccc1O. The van der Waals surface area contributed by atoms with Crippen LogP contribution in [0.2, 0.25) is 5.02 Å². The zero-order chi connectivity index (χ0) is 42.2. The third-order valence-electron chi connectivity index (χ3n) is 11.9. The Morgan fingerprint density at radius 2 is 1.54 bits per heavy atom. The van der Waals surface area contributed by atoms with E-state index in [-0.39, 0.29) is 41.4 Å². The van der Waals surface area contributed by atoms with Crippen LogP contribution in [0, 0.1) is 49.7 Å². The van der Waals surface area contributed by atoms with Crippen molar-refractivity contribution >= 4 is 63.7 Å². The molecule has 3 fully saturated rings. The van der Waals surface area contributed by atoms with Crippen molar-refractivity contribution in [2.75, 3.05) is 36.4 Å². The fraction of sp³-hybridized carbons (Fsp3) is 0.268. The molecule has 1 saturated carbocycles. The van der Waals surface area contributed by atoms with Crippen LogP contribution in [-0.4, -0.2) is 64.8 Å². The highest BCUT2D eigenvalue weighted by Gasteiger charge is 2.70. The number of rotatable bonds is 9. The number of aromatic hydroxyl groups is 1. The molecule has 0 aromatic heterocycles. The minimum Gasteiger partial charge on any atom is -0.504 e. The highest BCUT2D eigenvalue weighted by Crippen LogP contribution is 2.64. The fourth-order valence-corrected chi connectivity index (χ4v) is 9.74. The maximum atomic E-state index is 15.3. The molecule has 302 valence electrons. The van der Waals surface area contributed by atoms with Gasteiger partial charge in [0, 0.05) is 37.2 Å². The van der Waals surface area contributed by atoms with Crippen LogP contribution in [0.4, 0.5) is 32.8 Å². The highest BCUT2D eigenvalue weighted by molar-refractivity contribution is 6.30. The first-order valence-electron chi connectivity index (χ1n) is 18.4. The topological polar surface area (TPSA) is 206 Å². The summed E-state index contributed by atoms with van der Waals surface area (Å²) in [7, 11) is 4.13. The van der Waals surface area contributed by atoms with Gasteiger partial charge in [-0.05, 0) is 78.4 Å². The molecule has 18 heteroatoms. The van der Waals surface area contributed by atoms with Gasteiger partial charge >= 0.3 is 11.4 Å². The number of halogens is 2. The molecule has 0 bridgehead atoms. The maximum Gasteiger partial charge on any atom is 0.301 e. The summed E-state index contributed by atoms with van der Waals surface area (Å²) in [5.41, 5.74) is 0.680. The van der Waals surface area contributed by atoms with Crippen LogP contribution < -0.4 is 20.0 Å². The number of anilines is 3. The van der Waals surface area contributed by atoms with Gasteiger partial charge in [-0.1, -0.05) is 41.4 Å². The molecule has 0 spiro atoms. The third-order valence-corrected chi connectivity index (χ3v) is 12.2. The summed E-state index contributed by atoms with van der Waals surface area (Å²) in [5, 5.41) is 36.4. The van der Waals surface area contributed by atoms with E-state index in [2.05, 4.69) is 5.43 Å². The second-order valence-electron chi connectivity index (χ2n) is 15.1. The number of imide groups is 2. The molecule has 2 N–H and O–H groups in total. The number of phenols is 1. The number of hydrazine groups is 1.